The first-order chi connectivity index (χ1) is 16.2. The Morgan fingerprint density at radius 1 is 0.758 bits per heavy atom. The van der Waals surface area contributed by atoms with Crippen LogP contribution >= 0.6 is 0 Å². The number of aromatic nitrogens is 4. The Bertz CT molecular complexity index is 1440. The average Bonchev–Trinajstić information content (AvgIpc) is 2.88. The predicted molar refractivity (Wildman–Crippen MR) is 127 cm³/mol. The number of fused-ring (bicyclic) bond motifs is 1. The minimum atomic E-state index is -0.250. The lowest BCUT2D eigenvalue weighted by Gasteiger charge is -2.11. The first kappa shape index (κ1) is 20.3. The molecule has 2 aromatic carbocycles. The highest BCUT2D eigenvalue weighted by Crippen LogP contribution is 2.29. The van der Waals surface area contributed by atoms with Crippen LogP contribution in [0.2, 0.25) is 0 Å². The molecule has 7 nitrogen and oxygen atoms in total. The van der Waals surface area contributed by atoms with E-state index in [2.05, 4.69) is 15.3 Å². The maximum Gasteiger partial charge on any atom is 0.255 e. The summed E-state index contributed by atoms with van der Waals surface area (Å²) >= 11 is 0. The van der Waals surface area contributed by atoms with Crippen LogP contribution in [0.4, 0.5) is 5.69 Å². The van der Waals surface area contributed by atoms with Gasteiger partial charge >= 0.3 is 0 Å². The molecule has 1 amide bonds. The number of rotatable bonds is 5. The quantitative estimate of drug-likeness (QED) is 0.419. The maximum atomic E-state index is 12.9. The summed E-state index contributed by atoms with van der Waals surface area (Å²) in [6, 6.07) is 23.7. The zero-order chi connectivity index (χ0) is 22.6. The Morgan fingerprint density at radius 3 is 2.09 bits per heavy atom. The van der Waals surface area contributed by atoms with Crippen LogP contribution in [0, 0.1) is 0 Å². The van der Waals surface area contributed by atoms with Gasteiger partial charge in [0, 0.05) is 29.7 Å². The highest BCUT2D eigenvalue weighted by molar-refractivity contribution is 6.06. The number of pyridine rings is 2. The van der Waals surface area contributed by atoms with Gasteiger partial charge in [-0.1, -0.05) is 18.2 Å². The number of carbonyl (C=O) groups excluding carboxylic acids is 1. The SMILES string of the molecule is COc1cccc(NC(=O)c2ccc3nc(-c4ccccn4)c(-c4ccccn4)nc3c2)c1. The summed E-state index contributed by atoms with van der Waals surface area (Å²) in [7, 11) is 1.58. The fraction of sp³-hybridized carbons (Fsp3) is 0.0385. The monoisotopic (exact) mass is 433 g/mol. The Morgan fingerprint density at radius 2 is 1.45 bits per heavy atom. The average molecular weight is 433 g/mol. The lowest BCUT2D eigenvalue weighted by Crippen LogP contribution is -2.12. The van der Waals surface area contributed by atoms with E-state index >= 15 is 0 Å². The zero-order valence-electron chi connectivity index (χ0n) is 17.8. The molecule has 3 heterocycles. The van der Waals surface area contributed by atoms with Crippen molar-refractivity contribution in [3.05, 3.63) is 96.8 Å². The summed E-state index contributed by atoms with van der Waals surface area (Å²) in [6.45, 7) is 0. The number of nitrogens with zero attached hydrogens (tertiary/aromatic N) is 4. The molecule has 0 unspecified atom stereocenters. The number of hydrogen-bond donors (Lipinski definition) is 1. The van der Waals surface area contributed by atoms with Crippen molar-refractivity contribution in [1.29, 1.82) is 0 Å². The number of benzene rings is 2. The molecular weight excluding hydrogens is 414 g/mol. The van der Waals surface area contributed by atoms with Crippen LogP contribution in [0.5, 0.6) is 5.75 Å². The summed E-state index contributed by atoms with van der Waals surface area (Å²) in [5.74, 6) is 0.416. The fourth-order valence-corrected chi connectivity index (χ4v) is 3.46. The third-order valence-corrected chi connectivity index (χ3v) is 5.07. The molecular formula is C26H19N5O2. The Balaban J connectivity index is 1.57. The second-order valence-corrected chi connectivity index (χ2v) is 7.24. The third-order valence-electron chi connectivity index (χ3n) is 5.07. The Hall–Kier alpha value is -4.65. The van der Waals surface area contributed by atoms with Crippen molar-refractivity contribution in [2.75, 3.05) is 12.4 Å². The highest BCUT2D eigenvalue weighted by Gasteiger charge is 2.16. The van der Waals surface area contributed by atoms with Gasteiger partial charge < -0.3 is 10.1 Å². The van der Waals surface area contributed by atoms with E-state index in [1.54, 1.807) is 49.8 Å². The van der Waals surface area contributed by atoms with Crippen LogP contribution in [0.1, 0.15) is 10.4 Å². The third kappa shape index (κ3) is 4.24. The second kappa shape index (κ2) is 8.84. The molecule has 33 heavy (non-hydrogen) atoms. The number of hydrogen-bond acceptors (Lipinski definition) is 6. The van der Waals surface area contributed by atoms with Crippen molar-refractivity contribution in [1.82, 2.24) is 19.9 Å². The summed E-state index contributed by atoms with van der Waals surface area (Å²) in [5.41, 5.74) is 4.98. The molecule has 5 aromatic rings. The molecule has 0 atom stereocenters. The first-order valence-electron chi connectivity index (χ1n) is 10.3. The van der Waals surface area contributed by atoms with Gasteiger partial charge in [-0.25, -0.2) is 9.97 Å². The standard InChI is InChI=1S/C26H19N5O2/c1-33-19-8-6-7-18(16-19)29-26(32)17-11-12-20-23(15-17)31-25(22-10-3-5-14-28-22)24(30-20)21-9-2-4-13-27-21/h2-16H,1H3,(H,29,32). The van der Waals surface area contributed by atoms with Gasteiger partial charge in [0.1, 0.15) is 17.1 Å². The molecule has 160 valence electrons. The van der Waals surface area contributed by atoms with Crippen LogP contribution in [0.3, 0.4) is 0 Å². The van der Waals surface area contributed by atoms with Gasteiger partial charge in [-0.15, -0.1) is 0 Å². The lowest BCUT2D eigenvalue weighted by atomic mass is 10.1. The number of ether oxygens (including phenoxy) is 1. The molecule has 7 heteroatoms. The molecule has 3 aromatic heterocycles. The minimum absolute atomic E-state index is 0.250. The van der Waals surface area contributed by atoms with Gasteiger partial charge in [-0.05, 0) is 54.6 Å². The molecule has 0 aliphatic carbocycles. The first-order valence-corrected chi connectivity index (χ1v) is 10.3. The van der Waals surface area contributed by atoms with Gasteiger partial charge in [0.25, 0.3) is 5.91 Å². The predicted octanol–water partition coefficient (Wildman–Crippen LogP) is 5.01. The van der Waals surface area contributed by atoms with E-state index < -0.39 is 0 Å². The second-order valence-electron chi connectivity index (χ2n) is 7.24. The van der Waals surface area contributed by atoms with Crippen LogP contribution in [-0.4, -0.2) is 33.0 Å². The topological polar surface area (TPSA) is 89.9 Å². The molecule has 0 aliphatic rings. The molecule has 5 rings (SSSR count). The normalized spacial score (nSPS) is 10.7. The molecule has 0 radical (unpaired) electrons. The smallest absolute Gasteiger partial charge is 0.255 e. The molecule has 0 saturated heterocycles. The van der Waals surface area contributed by atoms with Crippen molar-refractivity contribution < 1.29 is 9.53 Å². The number of nitrogens with one attached hydrogen (secondary N) is 1. The number of carbonyl (C=O) groups is 1. The van der Waals surface area contributed by atoms with E-state index in [0.717, 1.165) is 0 Å². The van der Waals surface area contributed by atoms with Gasteiger partial charge in [0.2, 0.25) is 0 Å². The van der Waals surface area contributed by atoms with Crippen molar-refractivity contribution in [2.45, 2.75) is 0 Å². The van der Waals surface area contributed by atoms with Gasteiger partial charge in [0.15, 0.2) is 0 Å². The fourth-order valence-electron chi connectivity index (χ4n) is 3.46. The van der Waals surface area contributed by atoms with E-state index in [0.29, 0.717) is 50.8 Å². The lowest BCUT2D eigenvalue weighted by molar-refractivity contribution is 0.102. The van der Waals surface area contributed by atoms with Crippen molar-refractivity contribution in [3.63, 3.8) is 0 Å². The van der Waals surface area contributed by atoms with E-state index in [-0.39, 0.29) is 5.91 Å². The number of anilines is 1. The van der Waals surface area contributed by atoms with Crippen molar-refractivity contribution in [3.8, 4) is 28.5 Å². The zero-order valence-corrected chi connectivity index (χ0v) is 17.8. The summed E-state index contributed by atoms with van der Waals surface area (Å²) in [4.78, 5) is 31.4. The Labute approximate surface area is 190 Å². The molecule has 1 N–H and O–H groups in total. The molecule has 0 aliphatic heterocycles. The number of methoxy groups -OCH3 is 1. The van der Waals surface area contributed by atoms with Crippen LogP contribution in [-0.2, 0) is 0 Å². The van der Waals surface area contributed by atoms with Crippen molar-refractivity contribution in [2.24, 2.45) is 0 Å². The molecule has 0 saturated carbocycles. The number of amides is 1. The van der Waals surface area contributed by atoms with E-state index in [1.165, 1.54) is 0 Å². The van der Waals surface area contributed by atoms with Gasteiger partial charge in [-0.2, -0.15) is 0 Å². The summed E-state index contributed by atoms with van der Waals surface area (Å²) in [6.07, 6.45) is 3.43. The minimum Gasteiger partial charge on any atom is -0.497 e. The molecule has 0 spiro atoms. The summed E-state index contributed by atoms with van der Waals surface area (Å²) < 4.78 is 5.22. The van der Waals surface area contributed by atoms with Crippen LogP contribution in [0.25, 0.3) is 33.8 Å². The van der Waals surface area contributed by atoms with E-state index in [1.807, 2.05) is 48.5 Å². The van der Waals surface area contributed by atoms with Gasteiger partial charge in [0.05, 0.1) is 29.5 Å². The van der Waals surface area contributed by atoms with Crippen LogP contribution in [0.15, 0.2) is 91.3 Å². The van der Waals surface area contributed by atoms with Gasteiger partial charge in [-0.3, -0.25) is 14.8 Å². The van der Waals surface area contributed by atoms with Crippen LogP contribution < -0.4 is 10.1 Å². The molecule has 0 bridgehead atoms. The highest BCUT2D eigenvalue weighted by atomic mass is 16.5. The Kier molecular flexibility index (Phi) is 5.43. The largest absolute Gasteiger partial charge is 0.497 e. The van der Waals surface area contributed by atoms with Crippen molar-refractivity contribution >= 4 is 22.6 Å². The maximum absolute atomic E-state index is 12.9. The van der Waals surface area contributed by atoms with E-state index in [9.17, 15) is 4.79 Å². The van der Waals surface area contributed by atoms with E-state index in [4.69, 9.17) is 14.7 Å². The molecule has 0 fully saturated rings. The summed E-state index contributed by atoms with van der Waals surface area (Å²) in [5, 5.41) is 2.89.